The largest absolute Gasteiger partial charge is 0.496 e. The lowest BCUT2D eigenvalue weighted by Crippen LogP contribution is -2.31. The smallest absolute Gasteiger partial charge is 0.274 e. The van der Waals surface area contributed by atoms with Gasteiger partial charge in [0.2, 0.25) is 0 Å². The molecule has 1 unspecified atom stereocenters. The van der Waals surface area contributed by atoms with Gasteiger partial charge in [-0.3, -0.25) is 4.79 Å². The Morgan fingerprint density at radius 2 is 1.90 bits per heavy atom. The van der Waals surface area contributed by atoms with Crippen molar-refractivity contribution in [3.8, 4) is 11.4 Å². The molecule has 1 heterocycles. The van der Waals surface area contributed by atoms with E-state index in [2.05, 4.69) is 5.10 Å². The van der Waals surface area contributed by atoms with Gasteiger partial charge in [0.25, 0.3) is 5.91 Å². The van der Waals surface area contributed by atoms with E-state index in [0.717, 1.165) is 47.5 Å². The molecule has 1 aromatic heterocycles. The number of hydrogen-bond acceptors (Lipinski definition) is 3. The molecular formula is C23H24FN3O2. The minimum Gasteiger partial charge on any atom is -0.496 e. The highest BCUT2D eigenvalue weighted by Gasteiger charge is 2.30. The van der Waals surface area contributed by atoms with Crippen LogP contribution in [0.25, 0.3) is 5.69 Å². The zero-order valence-electron chi connectivity index (χ0n) is 16.9. The van der Waals surface area contributed by atoms with Gasteiger partial charge < -0.3 is 9.64 Å². The van der Waals surface area contributed by atoms with Crippen molar-refractivity contribution in [2.75, 3.05) is 14.2 Å². The van der Waals surface area contributed by atoms with Crippen LogP contribution in [0.2, 0.25) is 0 Å². The third-order valence-corrected chi connectivity index (χ3v) is 5.69. The molecule has 4 rings (SSSR count). The molecule has 1 atom stereocenters. The first-order chi connectivity index (χ1) is 14.0. The molecule has 0 fully saturated rings. The maximum Gasteiger partial charge on any atom is 0.274 e. The number of rotatable bonds is 5. The summed E-state index contributed by atoms with van der Waals surface area (Å²) < 4.78 is 20.6. The fraction of sp³-hybridized carbons (Fsp3) is 0.304. The summed E-state index contributed by atoms with van der Waals surface area (Å²) in [7, 11) is 3.42. The number of aromatic nitrogens is 2. The van der Waals surface area contributed by atoms with Crippen LogP contribution in [-0.2, 0) is 12.8 Å². The van der Waals surface area contributed by atoms with E-state index >= 15 is 0 Å². The summed E-state index contributed by atoms with van der Waals surface area (Å²) in [4.78, 5) is 15.1. The van der Waals surface area contributed by atoms with E-state index < -0.39 is 0 Å². The van der Waals surface area contributed by atoms with E-state index in [4.69, 9.17) is 4.74 Å². The van der Waals surface area contributed by atoms with E-state index in [0.29, 0.717) is 5.69 Å². The number of hydrogen-bond donors (Lipinski definition) is 0. The fourth-order valence-corrected chi connectivity index (χ4v) is 3.97. The van der Waals surface area contributed by atoms with Crippen LogP contribution in [0.5, 0.6) is 5.75 Å². The molecule has 2 aromatic carbocycles. The summed E-state index contributed by atoms with van der Waals surface area (Å²) in [6, 6.07) is 13.7. The minimum absolute atomic E-state index is 0.123. The summed E-state index contributed by atoms with van der Waals surface area (Å²) in [5, 5.41) is 4.64. The first kappa shape index (κ1) is 19.2. The Morgan fingerprint density at radius 3 is 2.62 bits per heavy atom. The maximum absolute atomic E-state index is 13.4. The standard InChI is InChI=1S/C23H24FN3O2/c1-15(18-7-4-5-10-21(18)29-3)26(2)23(28)22-19-8-6-9-20(19)27(25-22)17-13-11-16(24)12-14-17/h4-5,7,10-15H,6,8-9H2,1-3H3. The lowest BCUT2D eigenvalue weighted by atomic mass is 10.1. The zero-order chi connectivity index (χ0) is 20.5. The van der Waals surface area contributed by atoms with Gasteiger partial charge in [0.15, 0.2) is 5.69 Å². The summed E-state index contributed by atoms with van der Waals surface area (Å²) in [6.07, 6.45) is 2.67. The van der Waals surface area contributed by atoms with Gasteiger partial charge >= 0.3 is 0 Å². The second-order valence-corrected chi connectivity index (χ2v) is 7.35. The Labute approximate surface area is 169 Å². The number of nitrogens with zero attached hydrogens (tertiary/aromatic N) is 3. The molecule has 0 aliphatic heterocycles. The van der Waals surface area contributed by atoms with E-state index in [1.807, 2.05) is 31.2 Å². The van der Waals surface area contributed by atoms with Gasteiger partial charge in [-0.05, 0) is 56.5 Å². The average Bonchev–Trinajstić information content (AvgIpc) is 3.36. The first-order valence-electron chi connectivity index (χ1n) is 9.78. The predicted molar refractivity (Wildman–Crippen MR) is 109 cm³/mol. The lowest BCUT2D eigenvalue weighted by Gasteiger charge is -2.26. The number of carbonyl (C=O) groups is 1. The Balaban J connectivity index is 1.68. The maximum atomic E-state index is 13.4. The lowest BCUT2D eigenvalue weighted by molar-refractivity contribution is 0.0733. The number of halogens is 1. The van der Waals surface area contributed by atoms with Gasteiger partial charge in [-0.1, -0.05) is 18.2 Å². The number of ether oxygens (including phenoxy) is 1. The molecular weight excluding hydrogens is 369 g/mol. The van der Waals surface area contributed by atoms with Gasteiger partial charge in [0, 0.05) is 23.9 Å². The van der Waals surface area contributed by atoms with Crippen LogP contribution < -0.4 is 4.74 Å². The van der Waals surface area contributed by atoms with Gasteiger partial charge in [0.1, 0.15) is 11.6 Å². The number of fused-ring (bicyclic) bond motifs is 1. The topological polar surface area (TPSA) is 47.4 Å². The van der Waals surface area contributed by atoms with Gasteiger partial charge in [-0.15, -0.1) is 0 Å². The molecule has 5 nitrogen and oxygen atoms in total. The molecule has 150 valence electrons. The third-order valence-electron chi connectivity index (χ3n) is 5.69. The van der Waals surface area contributed by atoms with Crippen molar-refractivity contribution >= 4 is 5.91 Å². The molecule has 0 radical (unpaired) electrons. The molecule has 1 aliphatic rings. The van der Waals surface area contributed by atoms with E-state index in [-0.39, 0.29) is 17.8 Å². The van der Waals surface area contributed by atoms with E-state index in [1.165, 1.54) is 12.1 Å². The van der Waals surface area contributed by atoms with Crippen molar-refractivity contribution in [1.29, 1.82) is 0 Å². The van der Waals surface area contributed by atoms with Crippen molar-refractivity contribution in [1.82, 2.24) is 14.7 Å². The molecule has 0 saturated carbocycles. The summed E-state index contributed by atoms with van der Waals surface area (Å²) in [5.74, 6) is 0.336. The van der Waals surface area contributed by atoms with Crippen molar-refractivity contribution in [3.05, 3.63) is 76.9 Å². The quantitative estimate of drug-likeness (QED) is 0.648. The van der Waals surface area contributed by atoms with Crippen molar-refractivity contribution < 1.29 is 13.9 Å². The highest BCUT2D eigenvalue weighted by Crippen LogP contribution is 2.32. The fourth-order valence-electron chi connectivity index (χ4n) is 3.97. The zero-order valence-corrected chi connectivity index (χ0v) is 16.9. The number of benzene rings is 2. The molecule has 1 aliphatic carbocycles. The Hall–Kier alpha value is -3.15. The molecule has 3 aromatic rings. The van der Waals surface area contributed by atoms with Crippen molar-refractivity contribution in [2.45, 2.75) is 32.2 Å². The first-order valence-corrected chi connectivity index (χ1v) is 9.78. The van der Waals surface area contributed by atoms with Gasteiger partial charge in [-0.25, -0.2) is 9.07 Å². The monoisotopic (exact) mass is 393 g/mol. The predicted octanol–water partition coefficient (Wildman–Crippen LogP) is 4.34. The minimum atomic E-state index is -0.292. The molecule has 1 amide bonds. The number of methoxy groups -OCH3 is 1. The molecule has 29 heavy (non-hydrogen) atoms. The Bertz CT molecular complexity index is 1040. The van der Waals surface area contributed by atoms with Gasteiger partial charge in [0.05, 0.1) is 18.8 Å². The van der Waals surface area contributed by atoms with E-state index in [9.17, 15) is 9.18 Å². The van der Waals surface area contributed by atoms with Crippen LogP contribution in [0.3, 0.4) is 0 Å². The normalized spacial score (nSPS) is 13.8. The Morgan fingerprint density at radius 1 is 1.17 bits per heavy atom. The van der Waals surface area contributed by atoms with Crippen molar-refractivity contribution in [3.63, 3.8) is 0 Å². The molecule has 0 bridgehead atoms. The SMILES string of the molecule is COc1ccccc1C(C)N(C)C(=O)c1nn(-c2ccc(F)cc2)c2c1CCC2. The molecule has 6 heteroatoms. The summed E-state index contributed by atoms with van der Waals surface area (Å²) >= 11 is 0. The molecule has 0 saturated heterocycles. The molecule has 0 N–H and O–H groups in total. The van der Waals surface area contributed by atoms with Crippen LogP contribution >= 0.6 is 0 Å². The highest BCUT2D eigenvalue weighted by molar-refractivity contribution is 5.94. The number of amides is 1. The van der Waals surface area contributed by atoms with Crippen LogP contribution in [0.4, 0.5) is 4.39 Å². The average molecular weight is 393 g/mol. The number of para-hydroxylation sites is 1. The van der Waals surface area contributed by atoms with Crippen LogP contribution in [-0.4, -0.2) is 34.7 Å². The second kappa shape index (κ2) is 7.70. The summed E-state index contributed by atoms with van der Waals surface area (Å²) in [6.45, 7) is 1.98. The third kappa shape index (κ3) is 3.39. The summed E-state index contributed by atoms with van der Waals surface area (Å²) in [5.41, 5.74) is 4.23. The van der Waals surface area contributed by atoms with Crippen molar-refractivity contribution in [2.24, 2.45) is 0 Å². The van der Waals surface area contributed by atoms with Crippen LogP contribution in [0.15, 0.2) is 48.5 Å². The van der Waals surface area contributed by atoms with Crippen LogP contribution in [0, 0.1) is 5.82 Å². The Kier molecular flexibility index (Phi) is 5.09. The van der Waals surface area contributed by atoms with Gasteiger partial charge in [-0.2, -0.15) is 5.10 Å². The van der Waals surface area contributed by atoms with Crippen LogP contribution in [0.1, 0.15) is 46.7 Å². The highest BCUT2D eigenvalue weighted by atomic mass is 19.1. The van der Waals surface area contributed by atoms with E-state index in [1.54, 1.807) is 35.9 Å². The molecule has 0 spiro atoms. The second-order valence-electron chi connectivity index (χ2n) is 7.35. The number of carbonyl (C=O) groups excluding carboxylic acids is 1.